The van der Waals surface area contributed by atoms with Gasteiger partial charge in [-0.25, -0.2) is 4.63 Å². The van der Waals surface area contributed by atoms with Crippen LogP contribution in [-0.2, 0) is 16.1 Å². The SMILES string of the molecule is Cc1nonc1CNC1CCN(C(=O)C2CCCO2)CC1. The number of ether oxygens (including phenoxy) is 1. The average molecular weight is 294 g/mol. The molecule has 2 aliphatic rings. The van der Waals surface area contributed by atoms with Crippen LogP contribution in [0.1, 0.15) is 37.1 Å². The van der Waals surface area contributed by atoms with Crippen molar-refractivity contribution in [3.8, 4) is 0 Å². The Morgan fingerprint density at radius 1 is 1.33 bits per heavy atom. The molecule has 3 rings (SSSR count). The molecule has 0 aliphatic carbocycles. The summed E-state index contributed by atoms with van der Waals surface area (Å²) in [6, 6.07) is 0.412. The highest BCUT2D eigenvalue weighted by Crippen LogP contribution is 2.18. The predicted octanol–water partition coefficient (Wildman–Crippen LogP) is 0.638. The van der Waals surface area contributed by atoms with E-state index in [4.69, 9.17) is 4.74 Å². The van der Waals surface area contributed by atoms with E-state index in [0.29, 0.717) is 12.6 Å². The number of carbonyl (C=O) groups is 1. The average Bonchev–Trinajstić information content (AvgIpc) is 3.17. The van der Waals surface area contributed by atoms with E-state index in [9.17, 15) is 4.79 Å². The van der Waals surface area contributed by atoms with Crippen molar-refractivity contribution in [1.29, 1.82) is 0 Å². The first-order chi connectivity index (χ1) is 10.2. The maximum atomic E-state index is 12.2. The second-order valence-corrected chi connectivity index (χ2v) is 5.78. The molecule has 1 amide bonds. The lowest BCUT2D eigenvalue weighted by atomic mass is 10.0. The first kappa shape index (κ1) is 14.5. The van der Waals surface area contributed by atoms with Crippen LogP contribution in [0.15, 0.2) is 4.63 Å². The van der Waals surface area contributed by atoms with Gasteiger partial charge in [-0.2, -0.15) is 0 Å². The molecule has 0 spiro atoms. The Labute approximate surface area is 124 Å². The van der Waals surface area contributed by atoms with E-state index in [1.54, 1.807) is 0 Å². The molecular formula is C14H22N4O3. The second-order valence-electron chi connectivity index (χ2n) is 5.78. The molecule has 3 heterocycles. The maximum absolute atomic E-state index is 12.2. The smallest absolute Gasteiger partial charge is 0.251 e. The van der Waals surface area contributed by atoms with Gasteiger partial charge in [-0.1, -0.05) is 10.3 Å². The quantitative estimate of drug-likeness (QED) is 0.877. The summed E-state index contributed by atoms with van der Waals surface area (Å²) < 4.78 is 10.2. The Morgan fingerprint density at radius 2 is 2.14 bits per heavy atom. The van der Waals surface area contributed by atoms with Crippen molar-refractivity contribution in [3.05, 3.63) is 11.4 Å². The van der Waals surface area contributed by atoms with Crippen molar-refractivity contribution < 1.29 is 14.2 Å². The topological polar surface area (TPSA) is 80.5 Å². The number of nitrogens with zero attached hydrogens (tertiary/aromatic N) is 3. The van der Waals surface area contributed by atoms with Crippen molar-refractivity contribution in [2.75, 3.05) is 19.7 Å². The van der Waals surface area contributed by atoms with Gasteiger partial charge in [0.05, 0.1) is 0 Å². The van der Waals surface area contributed by atoms with Crippen molar-refractivity contribution in [1.82, 2.24) is 20.5 Å². The standard InChI is InChI=1S/C14H22N4O3/c1-10-12(17-21-16-10)9-15-11-4-6-18(7-5-11)14(19)13-3-2-8-20-13/h11,13,15H,2-9H2,1H3. The van der Waals surface area contributed by atoms with Crippen molar-refractivity contribution in [3.63, 3.8) is 0 Å². The fourth-order valence-corrected chi connectivity index (χ4v) is 2.93. The minimum atomic E-state index is -0.196. The van der Waals surface area contributed by atoms with Crippen LogP contribution in [0, 0.1) is 6.92 Å². The molecule has 2 aliphatic heterocycles. The monoisotopic (exact) mass is 294 g/mol. The third kappa shape index (κ3) is 3.41. The zero-order chi connectivity index (χ0) is 14.7. The van der Waals surface area contributed by atoms with Crippen molar-refractivity contribution >= 4 is 5.91 Å². The van der Waals surface area contributed by atoms with Gasteiger partial charge in [0, 0.05) is 32.3 Å². The van der Waals surface area contributed by atoms with Crippen LogP contribution in [0.3, 0.4) is 0 Å². The number of carbonyl (C=O) groups excluding carboxylic acids is 1. The van der Waals surface area contributed by atoms with Crippen molar-refractivity contribution in [2.24, 2.45) is 0 Å². The fourth-order valence-electron chi connectivity index (χ4n) is 2.93. The molecule has 7 nitrogen and oxygen atoms in total. The normalized spacial score (nSPS) is 23.7. The van der Waals surface area contributed by atoms with Gasteiger partial charge in [0.25, 0.3) is 5.91 Å². The predicted molar refractivity (Wildman–Crippen MR) is 74.5 cm³/mol. The summed E-state index contributed by atoms with van der Waals surface area (Å²) in [5.74, 6) is 0.169. The molecule has 21 heavy (non-hydrogen) atoms. The molecule has 1 N–H and O–H groups in total. The number of aromatic nitrogens is 2. The van der Waals surface area contributed by atoms with E-state index in [-0.39, 0.29) is 12.0 Å². The van der Waals surface area contributed by atoms with Crippen molar-refractivity contribution in [2.45, 2.75) is 51.3 Å². The summed E-state index contributed by atoms with van der Waals surface area (Å²) >= 11 is 0. The largest absolute Gasteiger partial charge is 0.368 e. The number of likely N-dealkylation sites (tertiary alicyclic amines) is 1. The van der Waals surface area contributed by atoms with Gasteiger partial charge in [-0.3, -0.25) is 4.79 Å². The molecule has 1 atom stereocenters. The highest BCUT2D eigenvalue weighted by molar-refractivity contribution is 5.81. The van der Waals surface area contributed by atoms with E-state index < -0.39 is 0 Å². The Bertz CT molecular complexity index is 476. The van der Waals surface area contributed by atoms with E-state index >= 15 is 0 Å². The molecule has 0 bridgehead atoms. The lowest BCUT2D eigenvalue weighted by Crippen LogP contribution is -2.47. The van der Waals surface area contributed by atoms with Crippen LogP contribution in [0.2, 0.25) is 0 Å². The molecule has 0 radical (unpaired) electrons. The zero-order valence-electron chi connectivity index (χ0n) is 12.4. The third-order valence-electron chi connectivity index (χ3n) is 4.32. The summed E-state index contributed by atoms with van der Waals surface area (Å²) in [6.45, 7) is 4.87. The molecule has 116 valence electrons. The van der Waals surface area contributed by atoms with Crippen LogP contribution >= 0.6 is 0 Å². The summed E-state index contributed by atoms with van der Waals surface area (Å²) in [5.41, 5.74) is 1.68. The summed E-state index contributed by atoms with van der Waals surface area (Å²) in [7, 11) is 0. The van der Waals surface area contributed by atoms with Gasteiger partial charge in [0.2, 0.25) is 0 Å². The molecule has 1 aromatic rings. The van der Waals surface area contributed by atoms with Gasteiger partial charge < -0.3 is 15.0 Å². The number of aryl methyl sites for hydroxylation is 1. The number of nitrogens with one attached hydrogen (secondary N) is 1. The Balaban J connectivity index is 1.42. The molecule has 0 aromatic carbocycles. The van der Waals surface area contributed by atoms with E-state index in [0.717, 1.165) is 56.8 Å². The molecular weight excluding hydrogens is 272 g/mol. The van der Waals surface area contributed by atoms with Crippen LogP contribution in [0.25, 0.3) is 0 Å². The van der Waals surface area contributed by atoms with Gasteiger partial charge in [0.15, 0.2) is 0 Å². The highest BCUT2D eigenvalue weighted by atomic mass is 16.6. The van der Waals surface area contributed by atoms with Gasteiger partial charge >= 0.3 is 0 Å². The number of piperidine rings is 1. The summed E-state index contributed by atoms with van der Waals surface area (Å²) in [5, 5.41) is 11.1. The summed E-state index contributed by atoms with van der Waals surface area (Å²) in [6.07, 6.45) is 3.60. The zero-order valence-corrected chi connectivity index (χ0v) is 12.4. The molecule has 2 saturated heterocycles. The van der Waals surface area contributed by atoms with Crippen LogP contribution in [0.4, 0.5) is 0 Å². The van der Waals surface area contributed by atoms with Gasteiger partial charge in [-0.15, -0.1) is 0 Å². The molecule has 1 aromatic heterocycles. The Morgan fingerprint density at radius 3 is 2.76 bits per heavy atom. The second kappa shape index (κ2) is 6.53. The highest BCUT2D eigenvalue weighted by Gasteiger charge is 2.30. The van der Waals surface area contributed by atoms with E-state index in [1.165, 1.54) is 0 Å². The van der Waals surface area contributed by atoms with E-state index in [2.05, 4.69) is 20.3 Å². The van der Waals surface area contributed by atoms with Crippen LogP contribution in [-0.4, -0.2) is 53.0 Å². The third-order valence-corrected chi connectivity index (χ3v) is 4.32. The number of rotatable bonds is 4. The Hall–Kier alpha value is -1.47. The minimum absolute atomic E-state index is 0.169. The molecule has 2 fully saturated rings. The number of amides is 1. The first-order valence-corrected chi connectivity index (χ1v) is 7.66. The fraction of sp³-hybridized carbons (Fsp3) is 0.786. The van der Waals surface area contributed by atoms with Gasteiger partial charge in [0.1, 0.15) is 17.5 Å². The minimum Gasteiger partial charge on any atom is -0.368 e. The summed E-state index contributed by atoms with van der Waals surface area (Å²) in [4.78, 5) is 14.2. The van der Waals surface area contributed by atoms with Crippen LogP contribution in [0.5, 0.6) is 0 Å². The van der Waals surface area contributed by atoms with E-state index in [1.807, 2.05) is 11.8 Å². The Kier molecular flexibility index (Phi) is 4.50. The molecule has 1 unspecified atom stereocenters. The maximum Gasteiger partial charge on any atom is 0.251 e. The van der Waals surface area contributed by atoms with Gasteiger partial charge in [-0.05, 0) is 32.6 Å². The number of hydrogen-bond acceptors (Lipinski definition) is 6. The first-order valence-electron chi connectivity index (χ1n) is 7.66. The molecule has 0 saturated carbocycles. The molecule has 7 heteroatoms. The number of hydrogen-bond donors (Lipinski definition) is 1. The lowest BCUT2D eigenvalue weighted by molar-refractivity contribution is -0.142. The van der Waals surface area contributed by atoms with Crippen LogP contribution < -0.4 is 5.32 Å². The lowest BCUT2D eigenvalue weighted by Gasteiger charge is -2.33.